The third-order valence-corrected chi connectivity index (χ3v) is 2.10. The topological polar surface area (TPSA) is 23.5 Å². The summed E-state index contributed by atoms with van der Waals surface area (Å²) in [6.45, 7) is 2.49. The second-order valence-electron chi connectivity index (χ2n) is 2.59. The predicted octanol–water partition coefficient (Wildman–Crippen LogP) is 0.0713. The number of aliphatic hydroxyl groups is 1. The molecule has 8 heavy (non-hydrogen) atoms. The fourth-order valence-electron chi connectivity index (χ4n) is 1.15. The average molecular weight is 115 g/mol. The van der Waals surface area contributed by atoms with E-state index in [1.807, 2.05) is 0 Å². The van der Waals surface area contributed by atoms with Crippen LogP contribution in [-0.4, -0.2) is 35.7 Å². The Hall–Kier alpha value is -0.0800. The molecule has 0 amide bonds. The minimum atomic E-state index is 0.320. The van der Waals surface area contributed by atoms with Crippen molar-refractivity contribution < 1.29 is 5.11 Å². The van der Waals surface area contributed by atoms with Gasteiger partial charge in [0.1, 0.15) is 0 Å². The normalized spacial score (nSPS) is 39.4. The van der Waals surface area contributed by atoms with Crippen molar-refractivity contribution in [1.82, 2.24) is 4.90 Å². The Kier molecular flexibility index (Phi) is 1.54. The second-order valence-corrected chi connectivity index (χ2v) is 2.59. The summed E-state index contributed by atoms with van der Waals surface area (Å²) >= 11 is 0. The van der Waals surface area contributed by atoms with E-state index in [4.69, 9.17) is 5.11 Å². The van der Waals surface area contributed by atoms with Gasteiger partial charge in [-0.1, -0.05) is 0 Å². The van der Waals surface area contributed by atoms with Gasteiger partial charge in [0.05, 0.1) is 6.61 Å². The van der Waals surface area contributed by atoms with Gasteiger partial charge in [0.2, 0.25) is 0 Å². The second kappa shape index (κ2) is 2.03. The molecule has 2 heteroatoms. The Morgan fingerprint density at radius 3 is 2.50 bits per heavy atom. The fraction of sp³-hybridized carbons (Fsp3) is 1.00. The Morgan fingerprint density at radius 1 is 1.75 bits per heavy atom. The van der Waals surface area contributed by atoms with Gasteiger partial charge in [-0.05, 0) is 20.4 Å². The molecule has 0 spiro atoms. The van der Waals surface area contributed by atoms with Crippen molar-refractivity contribution in [1.29, 1.82) is 0 Å². The number of hydrogen-bond acceptors (Lipinski definition) is 2. The van der Waals surface area contributed by atoms with E-state index in [9.17, 15) is 0 Å². The van der Waals surface area contributed by atoms with Crippen LogP contribution in [0.3, 0.4) is 0 Å². The highest BCUT2D eigenvalue weighted by Crippen LogP contribution is 2.21. The van der Waals surface area contributed by atoms with E-state index in [1.54, 1.807) is 0 Å². The molecule has 0 aliphatic carbocycles. The maximum Gasteiger partial charge on any atom is 0.0587 e. The summed E-state index contributed by atoms with van der Waals surface area (Å²) in [5.41, 5.74) is 0. The number of likely N-dealkylation sites (N-methyl/N-ethyl adjacent to an activating group) is 1. The molecule has 0 aromatic heterocycles. The summed E-state index contributed by atoms with van der Waals surface area (Å²) in [5, 5.41) is 8.63. The van der Waals surface area contributed by atoms with E-state index in [-0.39, 0.29) is 0 Å². The molecular formula is C6H13NO. The van der Waals surface area contributed by atoms with Crippen LogP contribution in [0.4, 0.5) is 0 Å². The van der Waals surface area contributed by atoms with Crippen LogP contribution in [0.25, 0.3) is 0 Å². The van der Waals surface area contributed by atoms with E-state index >= 15 is 0 Å². The average Bonchev–Trinajstić information content (AvgIpc) is 1.81. The molecule has 0 bridgehead atoms. The third-order valence-electron chi connectivity index (χ3n) is 2.10. The smallest absolute Gasteiger partial charge is 0.0587 e. The Labute approximate surface area is 50.1 Å². The molecule has 1 saturated heterocycles. The van der Waals surface area contributed by atoms with Gasteiger partial charge in [0, 0.05) is 12.1 Å². The van der Waals surface area contributed by atoms with Gasteiger partial charge in [-0.25, -0.2) is 0 Å². The number of likely N-dealkylation sites (tertiary alicyclic amines) is 1. The molecule has 1 N–H and O–H groups in total. The van der Waals surface area contributed by atoms with Crippen molar-refractivity contribution in [3.8, 4) is 0 Å². The fourth-order valence-corrected chi connectivity index (χ4v) is 1.15. The van der Waals surface area contributed by atoms with Crippen LogP contribution in [0.5, 0.6) is 0 Å². The van der Waals surface area contributed by atoms with Crippen LogP contribution in [0, 0.1) is 0 Å². The molecule has 1 heterocycles. The van der Waals surface area contributed by atoms with Crippen LogP contribution < -0.4 is 0 Å². The van der Waals surface area contributed by atoms with Crippen LogP contribution in [0.1, 0.15) is 13.3 Å². The van der Waals surface area contributed by atoms with Gasteiger partial charge >= 0.3 is 0 Å². The highest BCUT2D eigenvalue weighted by molar-refractivity contribution is 4.86. The van der Waals surface area contributed by atoms with Gasteiger partial charge in [-0.2, -0.15) is 0 Å². The van der Waals surface area contributed by atoms with Crippen LogP contribution in [-0.2, 0) is 0 Å². The maximum absolute atomic E-state index is 8.63. The van der Waals surface area contributed by atoms with E-state index in [1.165, 1.54) is 0 Å². The number of aliphatic hydroxyl groups excluding tert-OH is 1. The summed E-state index contributed by atoms with van der Waals surface area (Å²) in [4.78, 5) is 2.19. The van der Waals surface area contributed by atoms with E-state index < -0.39 is 0 Å². The molecule has 1 fully saturated rings. The van der Waals surface area contributed by atoms with E-state index in [2.05, 4.69) is 18.9 Å². The van der Waals surface area contributed by atoms with Gasteiger partial charge in [-0.15, -0.1) is 0 Å². The molecular weight excluding hydrogens is 102 g/mol. The summed E-state index contributed by atoms with van der Waals surface area (Å²) in [5.74, 6) is 0. The molecule has 2 atom stereocenters. The van der Waals surface area contributed by atoms with Crippen molar-refractivity contribution in [2.24, 2.45) is 0 Å². The quantitative estimate of drug-likeness (QED) is 0.523. The zero-order valence-corrected chi connectivity index (χ0v) is 5.46. The maximum atomic E-state index is 8.63. The first kappa shape index (κ1) is 6.05. The lowest BCUT2D eigenvalue weighted by molar-refractivity contribution is 0.0159. The molecule has 2 unspecified atom stereocenters. The monoisotopic (exact) mass is 115 g/mol. The van der Waals surface area contributed by atoms with Crippen molar-refractivity contribution >= 4 is 0 Å². The van der Waals surface area contributed by atoms with E-state index in [0.717, 1.165) is 6.42 Å². The molecule has 0 saturated carbocycles. The highest BCUT2D eigenvalue weighted by Gasteiger charge is 2.30. The van der Waals surface area contributed by atoms with Gasteiger partial charge < -0.3 is 5.11 Å². The molecule has 1 aliphatic rings. The van der Waals surface area contributed by atoms with Crippen molar-refractivity contribution in [2.45, 2.75) is 25.4 Å². The first-order chi connectivity index (χ1) is 3.75. The number of hydrogen-bond donors (Lipinski definition) is 1. The molecule has 0 radical (unpaired) electrons. The lowest BCUT2D eigenvalue weighted by atomic mass is 9.96. The molecule has 48 valence electrons. The predicted molar refractivity (Wildman–Crippen MR) is 32.7 cm³/mol. The number of nitrogens with zero attached hydrogens (tertiary/aromatic N) is 1. The van der Waals surface area contributed by atoms with Crippen molar-refractivity contribution in [2.75, 3.05) is 13.7 Å². The Balaban J connectivity index is 2.25. The van der Waals surface area contributed by atoms with Crippen molar-refractivity contribution in [3.63, 3.8) is 0 Å². The van der Waals surface area contributed by atoms with Crippen LogP contribution in [0.15, 0.2) is 0 Å². The van der Waals surface area contributed by atoms with Crippen molar-refractivity contribution in [3.05, 3.63) is 0 Å². The molecule has 1 aliphatic heterocycles. The zero-order valence-electron chi connectivity index (χ0n) is 5.46. The van der Waals surface area contributed by atoms with E-state index in [0.29, 0.717) is 18.7 Å². The highest BCUT2D eigenvalue weighted by atomic mass is 16.3. The largest absolute Gasteiger partial charge is 0.395 e. The molecule has 2 nitrogen and oxygen atoms in total. The first-order valence-corrected chi connectivity index (χ1v) is 3.08. The zero-order chi connectivity index (χ0) is 6.15. The Bertz CT molecular complexity index is 84.6. The van der Waals surface area contributed by atoms with Crippen LogP contribution >= 0.6 is 0 Å². The minimum Gasteiger partial charge on any atom is -0.395 e. The van der Waals surface area contributed by atoms with Gasteiger partial charge in [-0.3, -0.25) is 4.90 Å². The number of rotatable bonds is 1. The van der Waals surface area contributed by atoms with Gasteiger partial charge in [0.25, 0.3) is 0 Å². The lowest BCUT2D eigenvalue weighted by Gasteiger charge is -2.43. The standard InChI is InChI=1S/C6H13NO/c1-5-3-6(4-8)7(5)2/h5-6,8H,3-4H2,1-2H3. The molecule has 1 rings (SSSR count). The molecule has 0 aromatic carbocycles. The van der Waals surface area contributed by atoms with Crippen LogP contribution in [0.2, 0.25) is 0 Å². The summed E-state index contributed by atoms with van der Waals surface area (Å²) in [6, 6.07) is 1.14. The lowest BCUT2D eigenvalue weighted by Crippen LogP contribution is -2.53. The SMILES string of the molecule is CC1CC(CO)N1C. The first-order valence-electron chi connectivity index (χ1n) is 3.08. The third kappa shape index (κ3) is 0.740. The minimum absolute atomic E-state index is 0.320. The summed E-state index contributed by atoms with van der Waals surface area (Å²) in [6.07, 6.45) is 1.16. The summed E-state index contributed by atoms with van der Waals surface area (Å²) in [7, 11) is 2.05. The summed E-state index contributed by atoms with van der Waals surface area (Å²) < 4.78 is 0. The molecule has 0 aromatic rings. The van der Waals surface area contributed by atoms with Gasteiger partial charge in [0.15, 0.2) is 0 Å². The Morgan fingerprint density at radius 2 is 2.38 bits per heavy atom.